The molecule has 1 saturated heterocycles. The Balaban J connectivity index is 1.72. The Bertz CT molecular complexity index is 541. The van der Waals surface area contributed by atoms with Crippen LogP contribution in [0.15, 0.2) is 6.07 Å². The van der Waals surface area contributed by atoms with Crippen molar-refractivity contribution in [3.8, 4) is 0 Å². The molecule has 1 aliphatic carbocycles. The number of anilines is 2. The van der Waals surface area contributed by atoms with E-state index in [-0.39, 0.29) is 23.9 Å². The van der Waals surface area contributed by atoms with Crippen molar-refractivity contribution in [1.29, 1.82) is 0 Å². The highest BCUT2D eigenvalue weighted by atomic mass is 19.4. The Morgan fingerprint density at radius 2 is 1.88 bits per heavy atom. The van der Waals surface area contributed by atoms with Crippen molar-refractivity contribution in [2.24, 2.45) is 0 Å². The molecule has 1 aromatic heterocycles. The highest BCUT2D eigenvalue weighted by Gasteiger charge is 2.34. The monoisotopic (exact) mass is 344 g/mol. The molecule has 2 N–H and O–H groups in total. The molecule has 3 rings (SSSR count). The fourth-order valence-corrected chi connectivity index (χ4v) is 3.20. The van der Waals surface area contributed by atoms with Crippen molar-refractivity contribution in [1.82, 2.24) is 9.97 Å². The van der Waals surface area contributed by atoms with E-state index in [4.69, 9.17) is 4.74 Å². The van der Waals surface area contributed by atoms with E-state index in [1.165, 1.54) is 6.42 Å². The molecular formula is C16H23F3N4O. The predicted molar refractivity (Wildman–Crippen MR) is 85.0 cm³/mol. The Morgan fingerprint density at radius 1 is 1.08 bits per heavy atom. The summed E-state index contributed by atoms with van der Waals surface area (Å²) < 4.78 is 44.8. The van der Waals surface area contributed by atoms with Crippen molar-refractivity contribution in [3.63, 3.8) is 0 Å². The maximum Gasteiger partial charge on any atom is 0.433 e. The van der Waals surface area contributed by atoms with Gasteiger partial charge in [-0.15, -0.1) is 0 Å². The van der Waals surface area contributed by atoms with Crippen LogP contribution in [0.3, 0.4) is 0 Å². The summed E-state index contributed by atoms with van der Waals surface area (Å²) in [5.41, 5.74) is -0.925. The second-order valence-electron chi connectivity index (χ2n) is 6.45. The molecule has 2 aliphatic rings. The van der Waals surface area contributed by atoms with Crippen LogP contribution < -0.4 is 10.6 Å². The molecule has 2 heterocycles. The van der Waals surface area contributed by atoms with Gasteiger partial charge in [0.15, 0.2) is 5.69 Å². The minimum absolute atomic E-state index is 0.0315. The second kappa shape index (κ2) is 7.55. The molecule has 1 saturated carbocycles. The summed E-state index contributed by atoms with van der Waals surface area (Å²) in [6, 6.07) is 1.11. The number of ether oxygens (including phenoxy) is 1. The Kier molecular flexibility index (Phi) is 5.43. The van der Waals surface area contributed by atoms with Crippen LogP contribution in [0.2, 0.25) is 0 Å². The molecule has 24 heavy (non-hydrogen) atoms. The third-order valence-corrected chi connectivity index (χ3v) is 4.49. The summed E-state index contributed by atoms with van der Waals surface area (Å²) in [5, 5.41) is 6.03. The minimum Gasteiger partial charge on any atom is -0.376 e. The van der Waals surface area contributed by atoms with Crippen molar-refractivity contribution in [2.45, 2.75) is 63.3 Å². The first-order valence-electron chi connectivity index (χ1n) is 8.59. The number of nitrogens with one attached hydrogen (secondary N) is 2. The first kappa shape index (κ1) is 17.3. The lowest BCUT2D eigenvalue weighted by molar-refractivity contribution is -0.141. The minimum atomic E-state index is -4.49. The zero-order valence-corrected chi connectivity index (χ0v) is 13.5. The first-order chi connectivity index (χ1) is 11.5. The summed E-state index contributed by atoms with van der Waals surface area (Å²) in [6.45, 7) is 1.16. The van der Waals surface area contributed by atoms with Gasteiger partial charge in [0.05, 0.1) is 6.10 Å². The van der Waals surface area contributed by atoms with E-state index in [1.807, 2.05) is 0 Å². The number of hydrogen-bond acceptors (Lipinski definition) is 5. The number of nitrogens with zero attached hydrogens (tertiary/aromatic N) is 2. The normalized spacial score (nSPS) is 22.5. The molecule has 0 amide bonds. The van der Waals surface area contributed by atoms with Crippen molar-refractivity contribution in [3.05, 3.63) is 11.8 Å². The summed E-state index contributed by atoms with van der Waals surface area (Å²) in [7, 11) is 0. The van der Waals surface area contributed by atoms with Crippen molar-refractivity contribution >= 4 is 11.8 Å². The van der Waals surface area contributed by atoms with Crippen molar-refractivity contribution in [2.75, 3.05) is 23.8 Å². The summed E-state index contributed by atoms with van der Waals surface area (Å²) in [6.07, 6.45) is 2.67. The average Bonchev–Trinajstić information content (AvgIpc) is 3.06. The number of aromatic nitrogens is 2. The van der Waals surface area contributed by atoms with Crippen LogP contribution in [0.4, 0.5) is 24.9 Å². The third kappa shape index (κ3) is 4.72. The summed E-state index contributed by atoms with van der Waals surface area (Å²) in [5.74, 6) is 0.234. The number of halogens is 3. The first-order valence-corrected chi connectivity index (χ1v) is 8.59. The van der Waals surface area contributed by atoms with Crippen LogP contribution in [0.5, 0.6) is 0 Å². The van der Waals surface area contributed by atoms with Gasteiger partial charge >= 0.3 is 6.18 Å². The van der Waals surface area contributed by atoms with E-state index in [0.717, 1.165) is 44.6 Å². The van der Waals surface area contributed by atoms with Gasteiger partial charge in [0, 0.05) is 25.3 Å². The lowest BCUT2D eigenvalue weighted by Gasteiger charge is -2.23. The van der Waals surface area contributed by atoms with E-state index in [1.54, 1.807) is 0 Å². The largest absolute Gasteiger partial charge is 0.433 e. The van der Waals surface area contributed by atoms with E-state index in [0.29, 0.717) is 13.2 Å². The molecule has 0 radical (unpaired) electrons. The highest BCUT2D eigenvalue weighted by Crippen LogP contribution is 2.30. The Hall–Kier alpha value is -1.57. The van der Waals surface area contributed by atoms with E-state index in [9.17, 15) is 13.2 Å². The molecule has 134 valence electrons. The van der Waals surface area contributed by atoms with Crippen LogP contribution in [-0.2, 0) is 10.9 Å². The van der Waals surface area contributed by atoms with Gasteiger partial charge < -0.3 is 15.4 Å². The predicted octanol–water partition coefficient (Wildman–Crippen LogP) is 3.83. The van der Waals surface area contributed by atoms with Gasteiger partial charge in [-0.1, -0.05) is 19.3 Å². The van der Waals surface area contributed by atoms with Crippen LogP contribution in [-0.4, -0.2) is 35.3 Å². The Labute approximate surface area is 139 Å². The fraction of sp³-hybridized carbons (Fsp3) is 0.750. The topological polar surface area (TPSA) is 59.1 Å². The standard InChI is InChI=1S/C16H23F3N4O/c17-16(18,19)13-9-14(20-10-12-7-4-8-24-12)23-15(22-13)21-11-5-2-1-3-6-11/h9,11-12H,1-8,10H2,(H2,20,21,22,23)/t12-/m0/s1. The zero-order chi connectivity index (χ0) is 17.0. The lowest BCUT2D eigenvalue weighted by Crippen LogP contribution is -2.25. The molecule has 1 aliphatic heterocycles. The molecule has 1 atom stereocenters. The van der Waals surface area contributed by atoms with Crippen molar-refractivity contribution < 1.29 is 17.9 Å². The van der Waals surface area contributed by atoms with Gasteiger partial charge in [0.25, 0.3) is 0 Å². The van der Waals surface area contributed by atoms with Gasteiger partial charge in [-0.25, -0.2) is 4.98 Å². The molecule has 5 nitrogen and oxygen atoms in total. The molecule has 0 spiro atoms. The molecule has 0 aromatic carbocycles. The SMILES string of the molecule is FC(F)(F)c1cc(NC[C@@H]2CCCO2)nc(NC2CCCCC2)n1. The number of rotatable bonds is 5. The maximum absolute atomic E-state index is 13.1. The van der Waals surface area contributed by atoms with Crippen LogP contribution >= 0.6 is 0 Å². The second-order valence-corrected chi connectivity index (χ2v) is 6.45. The van der Waals surface area contributed by atoms with E-state index < -0.39 is 11.9 Å². The molecular weight excluding hydrogens is 321 g/mol. The number of hydrogen-bond donors (Lipinski definition) is 2. The van der Waals surface area contributed by atoms with Gasteiger partial charge in [-0.3, -0.25) is 0 Å². The fourth-order valence-electron chi connectivity index (χ4n) is 3.20. The van der Waals surface area contributed by atoms with E-state index in [2.05, 4.69) is 20.6 Å². The molecule has 2 fully saturated rings. The molecule has 8 heteroatoms. The van der Waals surface area contributed by atoms with Gasteiger partial charge in [0.2, 0.25) is 5.95 Å². The summed E-state index contributed by atoms with van der Waals surface area (Å²) >= 11 is 0. The van der Waals surface area contributed by atoms with Crippen LogP contribution in [0.25, 0.3) is 0 Å². The van der Waals surface area contributed by atoms with Gasteiger partial charge in [-0.05, 0) is 25.7 Å². The highest BCUT2D eigenvalue weighted by molar-refractivity contribution is 5.43. The summed E-state index contributed by atoms with van der Waals surface area (Å²) in [4.78, 5) is 7.87. The lowest BCUT2D eigenvalue weighted by atomic mass is 9.96. The van der Waals surface area contributed by atoms with Gasteiger partial charge in [-0.2, -0.15) is 18.2 Å². The maximum atomic E-state index is 13.1. The molecule has 1 aromatic rings. The quantitative estimate of drug-likeness (QED) is 0.850. The smallest absolute Gasteiger partial charge is 0.376 e. The number of alkyl halides is 3. The van der Waals surface area contributed by atoms with Gasteiger partial charge in [0.1, 0.15) is 5.82 Å². The molecule has 0 unspecified atom stereocenters. The average molecular weight is 344 g/mol. The Morgan fingerprint density at radius 3 is 2.54 bits per heavy atom. The van der Waals surface area contributed by atoms with E-state index >= 15 is 0 Å². The third-order valence-electron chi connectivity index (χ3n) is 4.49. The van der Waals surface area contributed by atoms with Crippen LogP contribution in [0.1, 0.15) is 50.6 Å². The van der Waals surface area contributed by atoms with Crippen LogP contribution in [0, 0.1) is 0 Å². The zero-order valence-electron chi connectivity index (χ0n) is 13.5. The molecule has 0 bridgehead atoms.